The van der Waals surface area contributed by atoms with Gasteiger partial charge in [-0.25, -0.2) is 0 Å². The van der Waals surface area contributed by atoms with Crippen molar-refractivity contribution in [2.75, 3.05) is 6.61 Å². The Bertz CT molecular complexity index is 571. The predicted octanol–water partition coefficient (Wildman–Crippen LogP) is 1.96. The number of hydrogen-bond donors (Lipinski definition) is 0. The van der Waals surface area contributed by atoms with Gasteiger partial charge >= 0.3 is 0 Å². The van der Waals surface area contributed by atoms with Crippen LogP contribution in [0.15, 0.2) is 24.5 Å². The van der Waals surface area contributed by atoms with Crippen molar-refractivity contribution in [1.82, 2.24) is 20.2 Å². The van der Waals surface area contributed by atoms with E-state index in [0.717, 1.165) is 6.42 Å². The summed E-state index contributed by atoms with van der Waals surface area (Å²) in [5.74, 6) is 1.25. The topological polar surface area (TPSA) is 76.6 Å². The van der Waals surface area contributed by atoms with E-state index < -0.39 is 0 Å². The molecule has 0 saturated heterocycles. The fraction of sp³-hybridized carbons (Fsp3) is 0.385. The summed E-state index contributed by atoms with van der Waals surface area (Å²) in [5, 5.41) is 20.0. The van der Waals surface area contributed by atoms with Crippen LogP contribution in [0.5, 0.6) is 5.75 Å². The van der Waals surface area contributed by atoms with E-state index in [4.69, 9.17) is 10.00 Å². The zero-order valence-corrected chi connectivity index (χ0v) is 10.9. The molecule has 0 N–H and O–H groups in total. The second kappa shape index (κ2) is 5.96. The average molecular weight is 257 g/mol. The lowest BCUT2D eigenvalue weighted by atomic mass is 10.1. The molecule has 0 saturated carbocycles. The summed E-state index contributed by atoms with van der Waals surface area (Å²) >= 11 is 0. The first kappa shape index (κ1) is 13.0. The summed E-state index contributed by atoms with van der Waals surface area (Å²) in [4.78, 5) is 0. The minimum Gasteiger partial charge on any atom is -0.491 e. The molecule has 0 atom stereocenters. The maximum absolute atomic E-state index is 8.95. The lowest BCUT2D eigenvalue weighted by molar-refractivity contribution is 0.288. The summed E-state index contributed by atoms with van der Waals surface area (Å²) in [6.07, 6.45) is 2.45. The van der Waals surface area contributed by atoms with E-state index in [1.165, 1.54) is 11.0 Å². The summed E-state index contributed by atoms with van der Waals surface area (Å²) in [7, 11) is 0. The van der Waals surface area contributed by atoms with Crippen molar-refractivity contribution in [3.05, 3.63) is 30.1 Å². The van der Waals surface area contributed by atoms with E-state index in [-0.39, 0.29) is 0 Å². The van der Waals surface area contributed by atoms with Gasteiger partial charge in [0, 0.05) is 0 Å². The fourth-order valence-electron chi connectivity index (χ4n) is 1.56. The molecule has 0 aliphatic heterocycles. The molecule has 0 bridgehead atoms. The number of ether oxygens (including phenoxy) is 1. The second-order valence-electron chi connectivity index (χ2n) is 4.58. The van der Waals surface area contributed by atoms with E-state index in [2.05, 4.69) is 35.4 Å². The first-order chi connectivity index (χ1) is 9.20. The van der Waals surface area contributed by atoms with Crippen LogP contribution in [0.4, 0.5) is 0 Å². The average Bonchev–Trinajstić information content (AvgIpc) is 2.92. The molecule has 0 aliphatic carbocycles. The Kier molecular flexibility index (Phi) is 4.08. The molecule has 6 heteroatoms. The van der Waals surface area contributed by atoms with Gasteiger partial charge in [0.15, 0.2) is 0 Å². The van der Waals surface area contributed by atoms with Crippen LogP contribution in [0.3, 0.4) is 0 Å². The van der Waals surface area contributed by atoms with Crippen molar-refractivity contribution < 1.29 is 4.74 Å². The fourth-order valence-corrected chi connectivity index (χ4v) is 1.56. The SMILES string of the molecule is CC(C)CCOc1ccc(C#N)cc1-n1cnnn1. The Balaban J connectivity index is 2.25. The van der Waals surface area contributed by atoms with Crippen LogP contribution in [-0.2, 0) is 0 Å². The maximum atomic E-state index is 8.95. The van der Waals surface area contributed by atoms with Crippen LogP contribution >= 0.6 is 0 Å². The lowest BCUT2D eigenvalue weighted by Crippen LogP contribution is -2.05. The molecule has 0 radical (unpaired) electrons. The van der Waals surface area contributed by atoms with Gasteiger partial charge in [-0.05, 0) is 41.0 Å². The van der Waals surface area contributed by atoms with Gasteiger partial charge in [0.2, 0.25) is 0 Å². The minimum absolute atomic E-state index is 0.543. The standard InChI is InChI=1S/C13H15N5O/c1-10(2)5-6-19-13-4-3-11(8-14)7-12(13)18-9-15-16-17-18/h3-4,7,9-10H,5-6H2,1-2H3. The number of nitrogens with zero attached hydrogens (tertiary/aromatic N) is 5. The van der Waals surface area contributed by atoms with Crippen LogP contribution in [0.1, 0.15) is 25.8 Å². The van der Waals surface area contributed by atoms with Crippen molar-refractivity contribution in [3.8, 4) is 17.5 Å². The molecule has 6 nitrogen and oxygen atoms in total. The highest BCUT2D eigenvalue weighted by molar-refractivity contribution is 5.51. The highest BCUT2D eigenvalue weighted by Gasteiger charge is 2.09. The third-order valence-corrected chi connectivity index (χ3v) is 2.64. The molecule has 0 spiro atoms. The Morgan fingerprint density at radius 2 is 2.26 bits per heavy atom. The van der Waals surface area contributed by atoms with Crippen molar-refractivity contribution >= 4 is 0 Å². The van der Waals surface area contributed by atoms with Crippen LogP contribution in [-0.4, -0.2) is 26.8 Å². The van der Waals surface area contributed by atoms with E-state index >= 15 is 0 Å². The highest BCUT2D eigenvalue weighted by Crippen LogP contribution is 2.23. The van der Waals surface area contributed by atoms with Gasteiger partial charge in [-0.3, -0.25) is 0 Å². The zero-order chi connectivity index (χ0) is 13.7. The highest BCUT2D eigenvalue weighted by atomic mass is 16.5. The third-order valence-electron chi connectivity index (χ3n) is 2.64. The molecule has 0 unspecified atom stereocenters. The third kappa shape index (κ3) is 3.28. The quantitative estimate of drug-likeness (QED) is 0.818. The van der Waals surface area contributed by atoms with Crippen molar-refractivity contribution in [1.29, 1.82) is 5.26 Å². The molecule has 1 aromatic carbocycles. The normalized spacial score (nSPS) is 10.4. The number of rotatable bonds is 5. The number of aromatic nitrogens is 4. The van der Waals surface area contributed by atoms with Gasteiger partial charge in [-0.15, -0.1) is 5.10 Å². The monoisotopic (exact) mass is 257 g/mol. The van der Waals surface area contributed by atoms with Gasteiger partial charge < -0.3 is 4.74 Å². The van der Waals surface area contributed by atoms with Crippen LogP contribution < -0.4 is 4.74 Å². The molecular weight excluding hydrogens is 242 g/mol. The lowest BCUT2D eigenvalue weighted by Gasteiger charge is -2.12. The smallest absolute Gasteiger partial charge is 0.145 e. The van der Waals surface area contributed by atoms with Crippen molar-refractivity contribution in [2.45, 2.75) is 20.3 Å². The summed E-state index contributed by atoms with van der Waals surface area (Å²) in [6, 6.07) is 7.30. The first-order valence-electron chi connectivity index (χ1n) is 6.11. The van der Waals surface area contributed by atoms with Gasteiger partial charge in [0.25, 0.3) is 0 Å². The van der Waals surface area contributed by atoms with E-state index in [9.17, 15) is 0 Å². The Morgan fingerprint density at radius 1 is 1.42 bits per heavy atom. The van der Waals surface area contributed by atoms with Crippen molar-refractivity contribution in [3.63, 3.8) is 0 Å². The number of nitriles is 1. The van der Waals surface area contributed by atoms with Crippen LogP contribution in [0.25, 0.3) is 5.69 Å². The molecule has 98 valence electrons. The number of tetrazole rings is 1. The molecule has 0 fully saturated rings. The largest absolute Gasteiger partial charge is 0.491 e. The minimum atomic E-state index is 0.543. The number of hydrogen-bond acceptors (Lipinski definition) is 5. The second-order valence-corrected chi connectivity index (χ2v) is 4.58. The van der Waals surface area contributed by atoms with Gasteiger partial charge in [-0.2, -0.15) is 9.94 Å². The predicted molar refractivity (Wildman–Crippen MR) is 68.8 cm³/mol. The molecular formula is C13H15N5O. The van der Waals surface area contributed by atoms with Gasteiger partial charge in [-0.1, -0.05) is 13.8 Å². The molecule has 2 rings (SSSR count). The van der Waals surface area contributed by atoms with E-state index in [1.54, 1.807) is 18.2 Å². The Hall–Kier alpha value is -2.42. The maximum Gasteiger partial charge on any atom is 0.145 e. The van der Waals surface area contributed by atoms with Crippen LogP contribution in [0.2, 0.25) is 0 Å². The van der Waals surface area contributed by atoms with Gasteiger partial charge in [0.1, 0.15) is 17.8 Å². The molecule has 0 aliphatic rings. The van der Waals surface area contributed by atoms with E-state index in [0.29, 0.717) is 29.5 Å². The van der Waals surface area contributed by atoms with Crippen molar-refractivity contribution in [2.24, 2.45) is 5.92 Å². The molecule has 1 heterocycles. The zero-order valence-electron chi connectivity index (χ0n) is 10.9. The summed E-state index contributed by atoms with van der Waals surface area (Å²) < 4.78 is 7.24. The summed E-state index contributed by atoms with van der Waals surface area (Å²) in [5.41, 5.74) is 1.22. The van der Waals surface area contributed by atoms with Gasteiger partial charge in [0.05, 0.1) is 18.2 Å². The Labute approximate surface area is 111 Å². The molecule has 0 amide bonds. The number of benzene rings is 1. The molecule has 2 aromatic rings. The molecule has 1 aromatic heterocycles. The molecule has 19 heavy (non-hydrogen) atoms. The van der Waals surface area contributed by atoms with Crippen LogP contribution in [0, 0.1) is 17.2 Å². The summed E-state index contributed by atoms with van der Waals surface area (Å²) in [6.45, 7) is 4.91. The van der Waals surface area contributed by atoms with E-state index in [1.807, 2.05) is 0 Å². The Morgan fingerprint density at radius 3 is 2.89 bits per heavy atom. The first-order valence-corrected chi connectivity index (χ1v) is 6.11.